The maximum absolute atomic E-state index is 9.67. The molecule has 2 aromatic carbocycles. The van der Waals surface area contributed by atoms with Crippen LogP contribution in [0.25, 0.3) is 27.8 Å². The van der Waals surface area contributed by atoms with E-state index >= 15 is 0 Å². The Labute approximate surface area is 128 Å². The lowest BCUT2D eigenvalue weighted by Crippen LogP contribution is -1.93. The first-order valence-corrected chi connectivity index (χ1v) is 6.88. The van der Waals surface area contributed by atoms with Crippen molar-refractivity contribution in [2.45, 2.75) is 6.92 Å². The number of nitrogens with zero attached hydrogens (tertiary/aromatic N) is 2. The number of aliphatic hydroxyl groups excluding tert-OH is 1. The van der Waals surface area contributed by atoms with Crippen molar-refractivity contribution in [1.82, 2.24) is 4.98 Å². The van der Waals surface area contributed by atoms with Crippen LogP contribution < -0.4 is 0 Å². The topological polar surface area (TPSA) is 56.9 Å². The van der Waals surface area contributed by atoms with E-state index < -0.39 is 0 Å². The minimum Gasteiger partial charge on any atom is -0.508 e. The summed E-state index contributed by atoms with van der Waals surface area (Å²) in [5.74, 6) is 0.0162. The molecule has 1 N–H and O–H groups in total. The molecule has 0 aliphatic carbocycles. The second kappa shape index (κ2) is 5.34. The summed E-state index contributed by atoms with van der Waals surface area (Å²) >= 11 is 0. The molecule has 0 radical (unpaired) electrons. The summed E-state index contributed by atoms with van der Waals surface area (Å²) in [4.78, 5) is 4.41. The van der Waals surface area contributed by atoms with E-state index in [2.05, 4.69) is 17.6 Å². The van der Waals surface area contributed by atoms with Gasteiger partial charge in [0, 0.05) is 17.3 Å². The Kier molecular flexibility index (Phi) is 3.36. The highest BCUT2D eigenvalue weighted by molar-refractivity contribution is 5.92. The van der Waals surface area contributed by atoms with E-state index in [9.17, 15) is 10.4 Å². The van der Waals surface area contributed by atoms with Crippen LogP contribution in [0.5, 0.6) is 0 Å². The zero-order chi connectivity index (χ0) is 15.7. The Morgan fingerprint density at radius 1 is 1.23 bits per heavy atom. The number of aliphatic hydroxyl groups is 1. The number of rotatable bonds is 2. The fourth-order valence-corrected chi connectivity index (χ4v) is 2.54. The number of benzene rings is 2. The highest BCUT2D eigenvalue weighted by atomic mass is 16.3. The second-order valence-electron chi connectivity index (χ2n) is 5.19. The van der Waals surface area contributed by atoms with E-state index in [4.69, 9.17) is 0 Å². The monoisotopic (exact) mass is 286 g/mol. The van der Waals surface area contributed by atoms with E-state index in [1.165, 1.54) is 0 Å². The summed E-state index contributed by atoms with van der Waals surface area (Å²) in [5.41, 5.74) is 3.69. The van der Waals surface area contributed by atoms with Gasteiger partial charge in [-0.3, -0.25) is 4.98 Å². The van der Waals surface area contributed by atoms with Gasteiger partial charge in [-0.2, -0.15) is 5.26 Å². The van der Waals surface area contributed by atoms with Gasteiger partial charge in [0.1, 0.15) is 5.76 Å². The summed E-state index contributed by atoms with van der Waals surface area (Å²) in [6.07, 6.45) is 1.70. The zero-order valence-electron chi connectivity index (χ0n) is 12.2. The van der Waals surface area contributed by atoms with E-state index in [0.717, 1.165) is 21.9 Å². The number of nitriles is 1. The standard InChI is InChI=1S/C19H14N2O/c1-12-11-21-19(9-18(12)13(2)22)15-7-14-5-3-4-6-17(14)16(8-15)10-20/h3-9,11,22H,2H2,1H3. The van der Waals surface area contributed by atoms with Crippen molar-refractivity contribution < 1.29 is 5.11 Å². The lowest BCUT2D eigenvalue weighted by Gasteiger charge is -2.09. The molecular formula is C19H14N2O. The summed E-state index contributed by atoms with van der Waals surface area (Å²) in [6, 6.07) is 15.6. The Hall–Kier alpha value is -3.12. The van der Waals surface area contributed by atoms with Crippen molar-refractivity contribution in [2.24, 2.45) is 0 Å². The maximum atomic E-state index is 9.67. The first-order valence-electron chi connectivity index (χ1n) is 6.88. The number of hydrogen-bond acceptors (Lipinski definition) is 3. The summed E-state index contributed by atoms with van der Waals surface area (Å²) < 4.78 is 0. The summed E-state index contributed by atoms with van der Waals surface area (Å²) in [5, 5.41) is 21.0. The third-order valence-electron chi connectivity index (χ3n) is 3.69. The molecule has 0 saturated heterocycles. The zero-order valence-corrected chi connectivity index (χ0v) is 12.2. The van der Waals surface area contributed by atoms with E-state index in [0.29, 0.717) is 16.8 Å². The largest absolute Gasteiger partial charge is 0.508 e. The first kappa shape index (κ1) is 13.8. The molecule has 3 aromatic rings. The van der Waals surface area contributed by atoms with Gasteiger partial charge in [0.25, 0.3) is 0 Å². The Balaban J connectivity index is 2.25. The molecule has 0 amide bonds. The van der Waals surface area contributed by atoms with Crippen molar-refractivity contribution >= 4 is 16.5 Å². The van der Waals surface area contributed by atoms with Gasteiger partial charge < -0.3 is 5.11 Å². The third kappa shape index (κ3) is 2.32. The number of hydrogen-bond donors (Lipinski definition) is 1. The van der Waals surface area contributed by atoms with Crippen LogP contribution in [0.15, 0.2) is 55.2 Å². The van der Waals surface area contributed by atoms with Gasteiger partial charge in [-0.15, -0.1) is 0 Å². The van der Waals surface area contributed by atoms with Crippen LogP contribution in [0.2, 0.25) is 0 Å². The minimum atomic E-state index is 0.0162. The van der Waals surface area contributed by atoms with Crippen LogP contribution in [-0.2, 0) is 0 Å². The van der Waals surface area contributed by atoms with Crippen LogP contribution >= 0.6 is 0 Å². The van der Waals surface area contributed by atoms with Crippen LogP contribution in [0.1, 0.15) is 16.7 Å². The number of aryl methyl sites for hydroxylation is 1. The lowest BCUT2D eigenvalue weighted by atomic mass is 9.98. The van der Waals surface area contributed by atoms with Crippen molar-refractivity contribution in [3.8, 4) is 17.3 Å². The average Bonchev–Trinajstić information content (AvgIpc) is 2.54. The molecule has 0 unspecified atom stereocenters. The molecule has 3 nitrogen and oxygen atoms in total. The van der Waals surface area contributed by atoms with Crippen molar-refractivity contribution in [3.63, 3.8) is 0 Å². The van der Waals surface area contributed by atoms with Crippen LogP contribution in [0, 0.1) is 18.3 Å². The SMILES string of the molecule is C=C(O)c1cc(-c2cc(C#N)c3ccccc3c2)ncc1C. The van der Waals surface area contributed by atoms with Gasteiger partial charge in [0.15, 0.2) is 0 Å². The van der Waals surface area contributed by atoms with Crippen molar-refractivity contribution in [3.05, 3.63) is 71.9 Å². The summed E-state index contributed by atoms with van der Waals surface area (Å²) in [7, 11) is 0. The molecule has 1 heterocycles. The molecule has 22 heavy (non-hydrogen) atoms. The highest BCUT2D eigenvalue weighted by Crippen LogP contribution is 2.28. The molecule has 0 aliphatic heterocycles. The quantitative estimate of drug-likeness (QED) is 0.700. The molecule has 3 rings (SSSR count). The molecule has 1 aromatic heterocycles. The minimum absolute atomic E-state index is 0.0162. The Bertz CT molecular complexity index is 936. The number of fused-ring (bicyclic) bond motifs is 1. The fraction of sp³-hybridized carbons (Fsp3) is 0.0526. The molecule has 0 fully saturated rings. The molecule has 3 heteroatoms. The third-order valence-corrected chi connectivity index (χ3v) is 3.69. The van der Waals surface area contributed by atoms with Gasteiger partial charge in [-0.25, -0.2) is 0 Å². The predicted octanol–water partition coefficient (Wildman–Crippen LogP) is 4.61. The van der Waals surface area contributed by atoms with E-state index in [1.54, 1.807) is 12.3 Å². The molecule has 0 saturated carbocycles. The Morgan fingerprint density at radius 2 is 2.00 bits per heavy atom. The van der Waals surface area contributed by atoms with Gasteiger partial charge in [0.05, 0.1) is 17.3 Å². The van der Waals surface area contributed by atoms with Crippen molar-refractivity contribution in [2.75, 3.05) is 0 Å². The highest BCUT2D eigenvalue weighted by Gasteiger charge is 2.09. The predicted molar refractivity (Wildman–Crippen MR) is 88.3 cm³/mol. The smallest absolute Gasteiger partial charge is 0.116 e. The maximum Gasteiger partial charge on any atom is 0.116 e. The molecule has 0 spiro atoms. The number of pyridine rings is 1. The lowest BCUT2D eigenvalue weighted by molar-refractivity contribution is 0.513. The van der Waals surface area contributed by atoms with Crippen LogP contribution in [0.4, 0.5) is 0 Å². The van der Waals surface area contributed by atoms with Gasteiger partial charge in [-0.1, -0.05) is 30.8 Å². The van der Waals surface area contributed by atoms with Gasteiger partial charge >= 0.3 is 0 Å². The molecule has 0 bridgehead atoms. The normalized spacial score (nSPS) is 10.4. The summed E-state index contributed by atoms with van der Waals surface area (Å²) in [6.45, 7) is 5.45. The van der Waals surface area contributed by atoms with Gasteiger partial charge in [0.2, 0.25) is 0 Å². The van der Waals surface area contributed by atoms with E-state index in [-0.39, 0.29) is 5.76 Å². The molecular weight excluding hydrogens is 272 g/mol. The molecule has 0 atom stereocenters. The van der Waals surface area contributed by atoms with Crippen molar-refractivity contribution in [1.29, 1.82) is 5.26 Å². The first-order chi connectivity index (χ1) is 10.6. The second-order valence-corrected chi connectivity index (χ2v) is 5.19. The van der Waals surface area contributed by atoms with Crippen LogP contribution in [-0.4, -0.2) is 10.1 Å². The molecule has 106 valence electrons. The Morgan fingerprint density at radius 3 is 2.73 bits per heavy atom. The van der Waals surface area contributed by atoms with E-state index in [1.807, 2.05) is 43.3 Å². The average molecular weight is 286 g/mol. The van der Waals surface area contributed by atoms with Crippen LogP contribution in [0.3, 0.4) is 0 Å². The fourth-order valence-electron chi connectivity index (χ4n) is 2.54. The van der Waals surface area contributed by atoms with Gasteiger partial charge in [-0.05, 0) is 41.5 Å². The molecule has 0 aliphatic rings. The number of aromatic nitrogens is 1.